The van der Waals surface area contributed by atoms with Crippen LogP contribution in [0.25, 0.3) is 21.9 Å². The van der Waals surface area contributed by atoms with Gasteiger partial charge in [0.2, 0.25) is 5.91 Å². The maximum absolute atomic E-state index is 12.4. The smallest absolute Gasteiger partial charge is 0.387 e. The molecule has 0 aliphatic carbocycles. The second kappa shape index (κ2) is 5.92. The molecule has 0 aliphatic rings. The number of nitrogens with zero attached hydrogens (tertiary/aromatic N) is 2. The molecule has 9 heteroatoms. The molecule has 0 spiro atoms. The second-order valence-corrected chi connectivity index (χ2v) is 3.93. The Morgan fingerprint density at radius 3 is 2.67 bits per heavy atom. The number of alkyl halides is 2. The number of furan rings is 1. The number of aromatic nitrogens is 2. The first-order chi connectivity index (χ1) is 9.58. The Labute approximate surface area is 138 Å². The number of halogens is 2. The summed E-state index contributed by atoms with van der Waals surface area (Å²) >= 11 is 0. The maximum Gasteiger partial charge on any atom is 0.387 e. The van der Waals surface area contributed by atoms with E-state index in [-0.39, 0.29) is 51.8 Å². The molecule has 3 rings (SSSR count). The Hall–Kier alpha value is -1.77. The minimum Gasteiger partial charge on any atom is -0.450 e. The fourth-order valence-corrected chi connectivity index (χ4v) is 2.02. The van der Waals surface area contributed by atoms with Gasteiger partial charge in [0, 0.05) is 34.9 Å². The summed E-state index contributed by atoms with van der Waals surface area (Å²) in [6.07, 6.45) is 2.67. The molecule has 0 bridgehead atoms. The van der Waals surface area contributed by atoms with Crippen LogP contribution >= 0.6 is 0 Å². The number of hydrogen-bond donors (Lipinski definition) is 1. The van der Waals surface area contributed by atoms with Crippen LogP contribution in [-0.4, -0.2) is 52.3 Å². The molecule has 0 aliphatic heterocycles. The number of primary amides is 1. The van der Waals surface area contributed by atoms with Crippen LogP contribution in [0.3, 0.4) is 0 Å². The van der Waals surface area contributed by atoms with Crippen LogP contribution in [0, 0.1) is 0 Å². The molecule has 1 aromatic carbocycles. The average Bonchev–Trinajstić information content (AvgIpc) is 2.78. The van der Waals surface area contributed by atoms with Crippen LogP contribution in [0.1, 0.15) is 10.4 Å². The summed E-state index contributed by atoms with van der Waals surface area (Å²) in [5.74, 6) is -0.894. The Morgan fingerprint density at radius 2 is 2.00 bits per heavy atom. The minimum atomic E-state index is -3.01. The van der Waals surface area contributed by atoms with Crippen LogP contribution in [-0.2, 0) is 0 Å². The van der Waals surface area contributed by atoms with Gasteiger partial charge in [-0.25, -0.2) is 0 Å². The number of nitrogens with two attached hydrogens (primary N) is 1. The molecule has 21 heavy (non-hydrogen) atoms. The van der Waals surface area contributed by atoms with Crippen molar-refractivity contribution in [1.29, 1.82) is 0 Å². The van der Waals surface area contributed by atoms with Crippen molar-refractivity contribution in [3.63, 3.8) is 0 Å². The third kappa shape index (κ3) is 2.69. The molecule has 2 N–H and O–H groups in total. The molecule has 2 heterocycles. The van der Waals surface area contributed by atoms with E-state index >= 15 is 0 Å². The summed E-state index contributed by atoms with van der Waals surface area (Å²) in [5, 5.41) is 8.03. The van der Waals surface area contributed by atoms with Gasteiger partial charge in [0.15, 0.2) is 16.9 Å². The number of ether oxygens (including phenoxy) is 1. The predicted molar refractivity (Wildman–Crippen MR) is 70.2 cm³/mol. The summed E-state index contributed by atoms with van der Waals surface area (Å²) < 4.78 is 34.5. The van der Waals surface area contributed by atoms with E-state index < -0.39 is 12.5 Å². The van der Waals surface area contributed by atoms with Gasteiger partial charge in [-0.05, 0) is 12.1 Å². The number of hydrogen-bond acceptors (Lipinski definition) is 5. The van der Waals surface area contributed by atoms with Crippen molar-refractivity contribution in [3.05, 3.63) is 30.1 Å². The standard InChI is InChI=1S/C12H7F2N3O3.Na/c13-12(14)20-7-2-1-5(11(15)18)9-6-3-16-17-4-8(6)19-10(7)9;/h1-4,12H,(H2,15,18);. The fraction of sp³-hybridized carbons (Fsp3) is 0.0833. The zero-order chi connectivity index (χ0) is 14.3. The van der Waals surface area contributed by atoms with Crippen molar-refractivity contribution < 1.29 is 22.7 Å². The monoisotopic (exact) mass is 302 g/mol. The van der Waals surface area contributed by atoms with Crippen molar-refractivity contribution in [1.82, 2.24) is 10.2 Å². The molecule has 0 unspecified atom stereocenters. The van der Waals surface area contributed by atoms with Crippen LogP contribution in [0.15, 0.2) is 28.9 Å². The Kier molecular flexibility index (Phi) is 4.40. The summed E-state index contributed by atoms with van der Waals surface area (Å²) in [6.45, 7) is -3.01. The summed E-state index contributed by atoms with van der Waals surface area (Å²) in [5.41, 5.74) is 5.71. The van der Waals surface area contributed by atoms with E-state index in [1.54, 1.807) is 0 Å². The first-order valence-corrected chi connectivity index (χ1v) is 5.48. The van der Waals surface area contributed by atoms with Crippen LogP contribution in [0.4, 0.5) is 8.78 Å². The number of rotatable bonds is 3. The van der Waals surface area contributed by atoms with Gasteiger partial charge in [-0.3, -0.25) is 4.79 Å². The largest absolute Gasteiger partial charge is 0.450 e. The zero-order valence-corrected chi connectivity index (χ0v) is 12.8. The van der Waals surface area contributed by atoms with E-state index in [1.807, 2.05) is 0 Å². The molecule has 1 amide bonds. The molecule has 0 atom stereocenters. The van der Waals surface area contributed by atoms with Crippen molar-refractivity contribution in [2.75, 3.05) is 0 Å². The van der Waals surface area contributed by atoms with Gasteiger partial charge in [-0.2, -0.15) is 19.0 Å². The number of benzene rings is 1. The Morgan fingerprint density at radius 1 is 1.29 bits per heavy atom. The van der Waals surface area contributed by atoms with Gasteiger partial charge < -0.3 is 14.9 Å². The predicted octanol–water partition coefficient (Wildman–Crippen LogP) is 1.70. The van der Waals surface area contributed by atoms with Crippen molar-refractivity contribution in [2.45, 2.75) is 6.61 Å². The summed E-state index contributed by atoms with van der Waals surface area (Å²) in [4.78, 5) is 11.4. The second-order valence-electron chi connectivity index (χ2n) is 3.93. The molecule has 3 aromatic rings. The molecular weight excluding hydrogens is 295 g/mol. The first kappa shape index (κ1) is 15.6. The number of carbonyl (C=O) groups excluding carboxylic acids is 1. The van der Waals surface area contributed by atoms with Gasteiger partial charge >= 0.3 is 6.61 Å². The van der Waals surface area contributed by atoms with E-state index in [0.29, 0.717) is 11.0 Å². The third-order valence-electron chi connectivity index (χ3n) is 2.78. The Bertz CT molecular complexity index is 822. The van der Waals surface area contributed by atoms with E-state index in [2.05, 4.69) is 14.9 Å². The summed E-state index contributed by atoms with van der Waals surface area (Å²) in [7, 11) is 0. The average molecular weight is 302 g/mol. The molecule has 0 saturated heterocycles. The minimum absolute atomic E-state index is 0. The van der Waals surface area contributed by atoms with Gasteiger partial charge in [-0.1, -0.05) is 0 Å². The van der Waals surface area contributed by atoms with Gasteiger partial charge in [0.1, 0.15) is 0 Å². The molecule has 103 valence electrons. The zero-order valence-electron chi connectivity index (χ0n) is 10.8. The molecule has 0 saturated carbocycles. The van der Waals surface area contributed by atoms with Crippen LogP contribution in [0.5, 0.6) is 5.75 Å². The van der Waals surface area contributed by atoms with E-state index in [0.717, 1.165) is 0 Å². The molecule has 6 nitrogen and oxygen atoms in total. The van der Waals surface area contributed by atoms with Crippen LogP contribution < -0.4 is 10.5 Å². The number of fused-ring (bicyclic) bond motifs is 3. The van der Waals surface area contributed by atoms with E-state index in [4.69, 9.17) is 10.2 Å². The molecular formula is C12H7F2N3NaO3. The number of amides is 1. The molecule has 2 aromatic heterocycles. The van der Waals surface area contributed by atoms with Crippen molar-refractivity contribution in [3.8, 4) is 5.75 Å². The van der Waals surface area contributed by atoms with Crippen molar-refractivity contribution in [2.24, 2.45) is 5.73 Å². The topological polar surface area (TPSA) is 91.2 Å². The number of carbonyl (C=O) groups is 1. The fourth-order valence-electron chi connectivity index (χ4n) is 2.02. The quantitative estimate of drug-likeness (QED) is 0.743. The van der Waals surface area contributed by atoms with Crippen LogP contribution in [0.2, 0.25) is 0 Å². The maximum atomic E-state index is 12.4. The van der Waals surface area contributed by atoms with E-state index in [1.165, 1.54) is 24.5 Å². The SMILES string of the molecule is NC(=O)c1ccc(OC(F)F)c2oc3cnncc3c12.[Na]. The van der Waals surface area contributed by atoms with Gasteiger partial charge in [0.05, 0.1) is 23.3 Å². The van der Waals surface area contributed by atoms with E-state index in [9.17, 15) is 13.6 Å². The summed E-state index contributed by atoms with van der Waals surface area (Å²) in [6, 6.07) is 2.51. The molecule has 1 radical (unpaired) electrons. The Balaban J connectivity index is 0.00000161. The van der Waals surface area contributed by atoms with Gasteiger partial charge in [0.25, 0.3) is 0 Å². The molecule has 0 fully saturated rings. The first-order valence-electron chi connectivity index (χ1n) is 5.48. The van der Waals surface area contributed by atoms with Gasteiger partial charge in [-0.15, -0.1) is 0 Å². The normalized spacial score (nSPS) is 10.8. The van der Waals surface area contributed by atoms with Crippen molar-refractivity contribution >= 4 is 57.4 Å². The third-order valence-corrected chi connectivity index (χ3v) is 2.78.